The molecule has 0 aromatic carbocycles. The third-order valence-corrected chi connectivity index (χ3v) is 2.66. The third kappa shape index (κ3) is 1.74. The summed E-state index contributed by atoms with van der Waals surface area (Å²) in [6.45, 7) is 1.57. The minimum absolute atomic E-state index is 0.168. The van der Waals surface area contributed by atoms with Crippen LogP contribution in [0.2, 0.25) is 0 Å². The van der Waals surface area contributed by atoms with Crippen molar-refractivity contribution in [2.24, 2.45) is 5.92 Å². The highest BCUT2D eigenvalue weighted by molar-refractivity contribution is 8.14. The van der Waals surface area contributed by atoms with Crippen LogP contribution < -0.4 is 0 Å². The van der Waals surface area contributed by atoms with Crippen molar-refractivity contribution in [2.75, 3.05) is 0 Å². The molecule has 0 heterocycles. The third-order valence-electron chi connectivity index (χ3n) is 1.61. The molecule has 0 atom stereocenters. The van der Waals surface area contributed by atoms with Gasteiger partial charge in [-0.15, -0.1) is 0 Å². The Hall–Kier alpha value is -0.490. The maximum atomic E-state index is 10.5. The molecule has 10 heavy (non-hydrogen) atoms. The monoisotopic (exact) mass is 155 g/mol. The molecule has 1 saturated carbocycles. The second-order valence-corrected chi connectivity index (χ2v) is 4.01. The fourth-order valence-electron chi connectivity index (χ4n) is 1.00. The molecule has 0 N–H and O–H groups in total. The average Bonchev–Trinajstić information content (AvgIpc) is 1.76. The van der Waals surface area contributed by atoms with E-state index in [1.54, 1.807) is 6.92 Å². The molecule has 0 unspecified atom stereocenters. The molecule has 0 aromatic heterocycles. The van der Waals surface area contributed by atoms with Crippen LogP contribution in [0, 0.1) is 17.2 Å². The van der Waals surface area contributed by atoms with Gasteiger partial charge in [0.2, 0.25) is 0 Å². The standard InChI is InChI=1S/C7H9NOS/c1-5(9)10-7-2-6(3-7)4-8/h6-7H,2-3H2,1H3. The fraction of sp³-hybridized carbons (Fsp3) is 0.714. The maximum absolute atomic E-state index is 10.5. The number of thioether (sulfide) groups is 1. The Bertz CT molecular complexity index is 179. The zero-order valence-corrected chi connectivity index (χ0v) is 6.65. The number of hydrogen-bond acceptors (Lipinski definition) is 3. The van der Waals surface area contributed by atoms with Gasteiger partial charge in [-0.2, -0.15) is 5.26 Å². The van der Waals surface area contributed by atoms with Crippen LogP contribution >= 0.6 is 11.8 Å². The van der Waals surface area contributed by atoms with Gasteiger partial charge in [-0.05, 0) is 12.8 Å². The summed E-state index contributed by atoms with van der Waals surface area (Å²) in [6, 6.07) is 2.18. The van der Waals surface area contributed by atoms with E-state index in [1.165, 1.54) is 11.8 Å². The Morgan fingerprint density at radius 3 is 2.70 bits per heavy atom. The quantitative estimate of drug-likeness (QED) is 0.577. The highest BCUT2D eigenvalue weighted by Gasteiger charge is 2.30. The SMILES string of the molecule is CC(=O)SC1CC(C#N)C1. The zero-order valence-electron chi connectivity index (χ0n) is 5.83. The van der Waals surface area contributed by atoms with Gasteiger partial charge in [-0.1, -0.05) is 11.8 Å². The molecular formula is C7H9NOS. The van der Waals surface area contributed by atoms with Crippen molar-refractivity contribution in [1.29, 1.82) is 5.26 Å². The van der Waals surface area contributed by atoms with E-state index < -0.39 is 0 Å². The highest BCUT2D eigenvalue weighted by Crippen LogP contribution is 2.36. The lowest BCUT2D eigenvalue weighted by Gasteiger charge is -2.28. The molecule has 1 fully saturated rings. The van der Waals surface area contributed by atoms with Crippen molar-refractivity contribution < 1.29 is 4.79 Å². The van der Waals surface area contributed by atoms with Gasteiger partial charge in [0.05, 0.1) is 6.07 Å². The van der Waals surface area contributed by atoms with Crippen molar-refractivity contribution in [3.05, 3.63) is 0 Å². The lowest BCUT2D eigenvalue weighted by atomic mass is 9.86. The zero-order chi connectivity index (χ0) is 7.56. The van der Waals surface area contributed by atoms with Crippen LogP contribution in [0.25, 0.3) is 0 Å². The van der Waals surface area contributed by atoms with Crippen LogP contribution in [-0.2, 0) is 4.79 Å². The summed E-state index contributed by atoms with van der Waals surface area (Å²) < 4.78 is 0. The molecule has 0 amide bonds. The van der Waals surface area contributed by atoms with Crippen molar-refractivity contribution in [2.45, 2.75) is 25.0 Å². The minimum Gasteiger partial charge on any atom is -0.288 e. The lowest BCUT2D eigenvalue weighted by Crippen LogP contribution is -2.25. The van der Waals surface area contributed by atoms with Gasteiger partial charge >= 0.3 is 0 Å². The summed E-state index contributed by atoms with van der Waals surface area (Å²) >= 11 is 1.37. The van der Waals surface area contributed by atoms with Gasteiger partial charge in [0.25, 0.3) is 0 Å². The Kier molecular flexibility index (Phi) is 2.34. The Labute approximate surface area is 64.6 Å². The average molecular weight is 155 g/mol. The van der Waals surface area contributed by atoms with Gasteiger partial charge in [0, 0.05) is 18.1 Å². The van der Waals surface area contributed by atoms with Gasteiger partial charge in [-0.25, -0.2) is 0 Å². The topological polar surface area (TPSA) is 40.9 Å². The summed E-state index contributed by atoms with van der Waals surface area (Å²) in [6.07, 6.45) is 1.81. The van der Waals surface area contributed by atoms with Crippen molar-refractivity contribution >= 4 is 16.9 Å². The smallest absolute Gasteiger partial charge is 0.186 e. The van der Waals surface area contributed by atoms with Gasteiger partial charge in [0.1, 0.15) is 0 Å². The van der Waals surface area contributed by atoms with Gasteiger partial charge in [-0.3, -0.25) is 4.79 Å². The molecule has 0 saturated heterocycles. The van der Waals surface area contributed by atoms with Crippen LogP contribution in [-0.4, -0.2) is 10.4 Å². The normalized spacial score (nSPS) is 30.4. The van der Waals surface area contributed by atoms with Crippen LogP contribution in [0.15, 0.2) is 0 Å². The Morgan fingerprint density at radius 1 is 1.70 bits per heavy atom. The van der Waals surface area contributed by atoms with Gasteiger partial charge in [0.15, 0.2) is 5.12 Å². The summed E-state index contributed by atoms with van der Waals surface area (Å²) in [5.74, 6) is 0.219. The molecule has 0 bridgehead atoms. The van der Waals surface area contributed by atoms with E-state index in [1.807, 2.05) is 0 Å². The highest BCUT2D eigenvalue weighted by atomic mass is 32.2. The molecule has 0 radical (unpaired) electrons. The summed E-state index contributed by atoms with van der Waals surface area (Å²) in [5, 5.41) is 8.99. The first-order valence-electron chi connectivity index (χ1n) is 3.29. The predicted molar refractivity (Wildman–Crippen MR) is 40.4 cm³/mol. The number of hydrogen-bond donors (Lipinski definition) is 0. The van der Waals surface area contributed by atoms with Crippen molar-refractivity contribution in [1.82, 2.24) is 0 Å². The van der Waals surface area contributed by atoms with E-state index in [2.05, 4.69) is 6.07 Å². The maximum Gasteiger partial charge on any atom is 0.186 e. The largest absolute Gasteiger partial charge is 0.288 e. The van der Waals surface area contributed by atoms with E-state index >= 15 is 0 Å². The first-order valence-corrected chi connectivity index (χ1v) is 4.17. The van der Waals surface area contributed by atoms with E-state index in [0.29, 0.717) is 5.25 Å². The second kappa shape index (κ2) is 3.07. The Balaban J connectivity index is 2.16. The molecule has 1 aliphatic rings. The number of carbonyl (C=O) groups is 1. The summed E-state index contributed by atoms with van der Waals surface area (Å²) in [7, 11) is 0. The molecule has 0 aliphatic heterocycles. The minimum atomic E-state index is 0.168. The van der Waals surface area contributed by atoms with E-state index in [0.717, 1.165) is 12.8 Å². The number of carbonyl (C=O) groups excluding carboxylic acids is 1. The first-order chi connectivity index (χ1) is 4.72. The van der Waals surface area contributed by atoms with Crippen LogP contribution in [0.3, 0.4) is 0 Å². The first kappa shape index (κ1) is 7.62. The van der Waals surface area contributed by atoms with E-state index in [-0.39, 0.29) is 11.0 Å². The fourth-order valence-corrected chi connectivity index (χ4v) is 2.13. The van der Waals surface area contributed by atoms with E-state index in [4.69, 9.17) is 5.26 Å². The van der Waals surface area contributed by atoms with Crippen molar-refractivity contribution in [3.8, 4) is 6.07 Å². The Morgan fingerprint density at radius 2 is 2.30 bits per heavy atom. The molecule has 0 aromatic rings. The molecule has 3 heteroatoms. The molecule has 1 aliphatic carbocycles. The molecule has 2 nitrogen and oxygen atoms in total. The van der Waals surface area contributed by atoms with Crippen LogP contribution in [0.5, 0.6) is 0 Å². The molecule has 0 spiro atoms. The number of nitriles is 1. The number of nitrogens with zero attached hydrogens (tertiary/aromatic N) is 1. The predicted octanol–water partition coefficient (Wildman–Crippen LogP) is 1.57. The summed E-state index contributed by atoms with van der Waals surface area (Å²) in [4.78, 5) is 10.5. The lowest BCUT2D eigenvalue weighted by molar-refractivity contribution is -0.109. The van der Waals surface area contributed by atoms with Crippen molar-refractivity contribution in [3.63, 3.8) is 0 Å². The molecular weight excluding hydrogens is 146 g/mol. The second-order valence-electron chi connectivity index (χ2n) is 2.53. The van der Waals surface area contributed by atoms with Crippen LogP contribution in [0.1, 0.15) is 19.8 Å². The molecule has 1 rings (SSSR count). The molecule has 54 valence electrons. The summed E-state index contributed by atoms with van der Waals surface area (Å²) in [5.41, 5.74) is 0. The number of rotatable bonds is 1. The van der Waals surface area contributed by atoms with Gasteiger partial charge < -0.3 is 0 Å². The van der Waals surface area contributed by atoms with Crippen LogP contribution in [0.4, 0.5) is 0 Å². The van der Waals surface area contributed by atoms with E-state index in [9.17, 15) is 4.79 Å².